The number of carbonyl (C=O) groups excluding carboxylic acids is 1. The minimum Gasteiger partial charge on any atom is -0.306 e. The molecule has 2 aromatic rings. The second kappa shape index (κ2) is 9.95. The number of halogens is 1. The van der Waals surface area contributed by atoms with Crippen molar-refractivity contribution in [1.82, 2.24) is 9.91 Å². The lowest BCUT2D eigenvalue weighted by Gasteiger charge is -2.27. The predicted molar refractivity (Wildman–Crippen MR) is 123 cm³/mol. The Morgan fingerprint density at radius 3 is 2.48 bits per heavy atom. The lowest BCUT2D eigenvalue weighted by molar-refractivity contribution is 0.205. The summed E-state index contributed by atoms with van der Waals surface area (Å²) < 4.78 is 0. The highest BCUT2D eigenvalue weighted by atomic mass is 35.5. The number of nitriles is 1. The van der Waals surface area contributed by atoms with Crippen molar-refractivity contribution in [2.45, 2.75) is 25.7 Å². The highest BCUT2D eigenvalue weighted by molar-refractivity contribution is 6.30. The molecule has 2 aromatic carbocycles. The zero-order valence-electron chi connectivity index (χ0n) is 17.4. The molecule has 1 unspecified atom stereocenters. The SMILES string of the molecule is N#Cc1ccc(NC(=O)N2CC(CCN3CCCCC3)C(c3ccc(Cl)cc3)=N2)cc1. The standard InChI is InChI=1S/C24H26ClN5O/c25-21-8-6-19(7-9-21)23-20(12-15-29-13-2-1-3-14-29)17-30(28-23)24(31)27-22-10-4-18(16-26)5-11-22/h4-11,20H,1-3,12-15,17H2,(H,27,31). The molecule has 31 heavy (non-hydrogen) atoms. The van der Waals surface area contributed by atoms with Gasteiger partial charge in [-0.3, -0.25) is 0 Å². The van der Waals surface area contributed by atoms with Crippen molar-refractivity contribution in [3.63, 3.8) is 0 Å². The summed E-state index contributed by atoms with van der Waals surface area (Å²) in [6.07, 6.45) is 4.81. The van der Waals surface area contributed by atoms with Crippen LogP contribution < -0.4 is 5.32 Å². The zero-order valence-corrected chi connectivity index (χ0v) is 18.2. The third-order valence-electron chi connectivity index (χ3n) is 5.89. The number of piperidine rings is 1. The number of urea groups is 1. The summed E-state index contributed by atoms with van der Waals surface area (Å²) in [5, 5.41) is 18.7. The Bertz CT molecular complexity index is 975. The lowest BCUT2D eigenvalue weighted by atomic mass is 9.94. The van der Waals surface area contributed by atoms with Gasteiger partial charge in [-0.25, -0.2) is 9.80 Å². The van der Waals surface area contributed by atoms with Crippen LogP contribution in [0.3, 0.4) is 0 Å². The Morgan fingerprint density at radius 1 is 1.10 bits per heavy atom. The second-order valence-electron chi connectivity index (χ2n) is 8.08. The van der Waals surface area contributed by atoms with Gasteiger partial charge in [0.25, 0.3) is 0 Å². The van der Waals surface area contributed by atoms with E-state index < -0.39 is 0 Å². The molecule has 160 valence electrons. The maximum atomic E-state index is 12.9. The molecule has 1 fully saturated rings. The van der Waals surface area contributed by atoms with Gasteiger partial charge in [0.2, 0.25) is 0 Å². The minimum atomic E-state index is -0.267. The normalized spacial score (nSPS) is 19.0. The third kappa shape index (κ3) is 5.43. The molecule has 2 amide bonds. The van der Waals surface area contributed by atoms with E-state index in [0.717, 1.165) is 37.3 Å². The van der Waals surface area contributed by atoms with Gasteiger partial charge >= 0.3 is 6.03 Å². The predicted octanol–water partition coefficient (Wildman–Crippen LogP) is 4.96. The Labute approximate surface area is 188 Å². The molecule has 2 aliphatic heterocycles. The fourth-order valence-corrected chi connectivity index (χ4v) is 4.28. The summed E-state index contributed by atoms with van der Waals surface area (Å²) in [7, 11) is 0. The molecule has 1 atom stereocenters. The number of hydrogen-bond donors (Lipinski definition) is 1. The van der Waals surface area contributed by atoms with E-state index >= 15 is 0 Å². The van der Waals surface area contributed by atoms with Crippen LogP contribution in [0.25, 0.3) is 0 Å². The summed E-state index contributed by atoms with van der Waals surface area (Å²) in [6, 6.07) is 16.3. The monoisotopic (exact) mass is 435 g/mol. The summed E-state index contributed by atoms with van der Waals surface area (Å²) >= 11 is 6.07. The van der Waals surface area contributed by atoms with Crippen molar-refractivity contribution in [2.24, 2.45) is 11.0 Å². The Morgan fingerprint density at radius 2 is 1.81 bits per heavy atom. The lowest BCUT2D eigenvalue weighted by Crippen LogP contribution is -2.34. The number of nitrogens with zero attached hydrogens (tertiary/aromatic N) is 4. The van der Waals surface area contributed by atoms with Crippen molar-refractivity contribution in [3.05, 3.63) is 64.7 Å². The molecule has 2 heterocycles. The molecule has 4 rings (SSSR count). The quantitative estimate of drug-likeness (QED) is 0.721. The van der Waals surface area contributed by atoms with E-state index in [2.05, 4.69) is 21.4 Å². The minimum absolute atomic E-state index is 0.176. The molecule has 0 bridgehead atoms. The maximum absolute atomic E-state index is 12.9. The summed E-state index contributed by atoms with van der Waals surface area (Å²) in [4.78, 5) is 15.4. The van der Waals surface area contributed by atoms with Gasteiger partial charge in [0.05, 0.1) is 23.9 Å². The number of anilines is 1. The smallest absolute Gasteiger partial charge is 0.306 e. The number of nitrogens with one attached hydrogen (secondary N) is 1. The first kappa shape index (κ1) is 21.4. The summed E-state index contributed by atoms with van der Waals surface area (Å²) in [5.74, 6) is 0.176. The Balaban J connectivity index is 1.47. The number of hydrazone groups is 1. The largest absolute Gasteiger partial charge is 0.342 e. The number of amides is 2. The van der Waals surface area contributed by atoms with Gasteiger partial charge < -0.3 is 10.2 Å². The number of hydrogen-bond acceptors (Lipinski definition) is 4. The molecular weight excluding hydrogens is 410 g/mol. The van der Waals surface area contributed by atoms with Crippen LogP contribution >= 0.6 is 11.6 Å². The van der Waals surface area contributed by atoms with Crippen molar-refractivity contribution < 1.29 is 4.79 Å². The fourth-order valence-electron chi connectivity index (χ4n) is 4.16. The molecule has 0 spiro atoms. The third-order valence-corrected chi connectivity index (χ3v) is 6.14. The number of carbonyl (C=O) groups is 1. The molecule has 0 aromatic heterocycles. The first-order valence-corrected chi connectivity index (χ1v) is 11.2. The van der Waals surface area contributed by atoms with Gasteiger partial charge in [-0.05, 0) is 80.9 Å². The van der Waals surface area contributed by atoms with Gasteiger partial charge in [0.1, 0.15) is 0 Å². The molecule has 1 N–H and O–H groups in total. The van der Waals surface area contributed by atoms with Crippen molar-refractivity contribution in [3.8, 4) is 6.07 Å². The number of benzene rings is 2. The van der Waals surface area contributed by atoms with Gasteiger partial charge in [0, 0.05) is 16.6 Å². The van der Waals surface area contributed by atoms with Crippen LogP contribution in [0.15, 0.2) is 53.6 Å². The average molecular weight is 436 g/mol. The van der Waals surface area contributed by atoms with Crippen LogP contribution in [0, 0.1) is 17.2 Å². The Kier molecular flexibility index (Phi) is 6.86. The van der Waals surface area contributed by atoms with Gasteiger partial charge in [-0.2, -0.15) is 10.4 Å². The van der Waals surface area contributed by atoms with E-state index in [1.165, 1.54) is 24.3 Å². The van der Waals surface area contributed by atoms with Gasteiger partial charge in [0.15, 0.2) is 0 Å². The molecule has 6 nitrogen and oxygen atoms in total. The summed E-state index contributed by atoms with van der Waals surface area (Å²) in [5.41, 5.74) is 3.13. The zero-order chi connectivity index (χ0) is 21.6. The van der Waals surface area contributed by atoms with Crippen molar-refractivity contribution >= 4 is 29.0 Å². The molecule has 0 radical (unpaired) electrons. The van der Waals surface area contributed by atoms with Crippen LogP contribution in [0.5, 0.6) is 0 Å². The van der Waals surface area contributed by atoms with Gasteiger partial charge in [-0.1, -0.05) is 30.2 Å². The average Bonchev–Trinajstić information content (AvgIpc) is 3.24. The van der Waals surface area contributed by atoms with E-state index in [-0.39, 0.29) is 11.9 Å². The van der Waals surface area contributed by atoms with Crippen LogP contribution in [-0.2, 0) is 0 Å². The van der Waals surface area contributed by atoms with Crippen molar-refractivity contribution in [1.29, 1.82) is 5.26 Å². The maximum Gasteiger partial charge on any atom is 0.342 e. The van der Waals surface area contributed by atoms with E-state index in [0.29, 0.717) is 22.8 Å². The van der Waals surface area contributed by atoms with E-state index in [4.69, 9.17) is 16.9 Å². The Hall–Kier alpha value is -2.88. The number of rotatable bonds is 5. The molecule has 0 saturated carbocycles. The second-order valence-corrected chi connectivity index (χ2v) is 8.52. The fraction of sp³-hybridized carbons (Fsp3) is 0.375. The highest BCUT2D eigenvalue weighted by Gasteiger charge is 2.31. The molecule has 2 aliphatic rings. The molecular formula is C24H26ClN5O. The van der Waals surface area contributed by atoms with Gasteiger partial charge in [-0.15, -0.1) is 0 Å². The summed E-state index contributed by atoms with van der Waals surface area (Å²) in [6.45, 7) is 3.88. The first-order chi connectivity index (χ1) is 15.1. The van der Waals surface area contributed by atoms with Crippen LogP contribution in [0.4, 0.5) is 10.5 Å². The topological polar surface area (TPSA) is 71.7 Å². The van der Waals surface area contributed by atoms with Crippen LogP contribution in [0.1, 0.15) is 36.8 Å². The van der Waals surface area contributed by atoms with Crippen LogP contribution in [-0.4, -0.2) is 47.8 Å². The molecule has 1 saturated heterocycles. The van der Waals surface area contributed by atoms with E-state index in [1.807, 2.05) is 24.3 Å². The molecule has 0 aliphatic carbocycles. The number of likely N-dealkylation sites (tertiary alicyclic amines) is 1. The molecule has 7 heteroatoms. The van der Waals surface area contributed by atoms with E-state index in [1.54, 1.807) is 24.3 Å². The van der Waals surface area contributed by atoms with Crippen molar-refractivity contribution in [2.75, 3.05) is 31.5 Å². The van der Waals surface area contributed by atoms with E-state index in [9.17, 15) is 4.79 Å². The van der Waals surface area contributed by atoms with Crippen LogP contribution in [0.2, 0.25) is 5.02 Å². The first-order valence-electron chi connectivity index (χ1n) is 10.8. The highest BCUT2D eigenvalue weighted by Crippen LogP contribution is 2.25.